The van der Waals surface area contributed by atoms with E-state index in [4.69, 9.17) is 0 Å². The number of esters is 1. The lowest BCUT2D eigenvalue weighted by atomic mass is 10.2. The number of nitrogens with one attached hydrogen (secondary N) is 1. The minimum absolute atomic E-state index is 0.153. The van der Waals surface area contributed by atoms with E-state index in [0.717, 1.165) is 5.56 Å². The molecular formula is C15H14BrNO4S. The largest absolute Gasteiger partial charge is 0.465 e. The zero-order chi connectivity index (χ0) is 16.2. The van der Waals surface area contributed by atoms with E-state index >= 15 is 0 Å². The van der Waals surface area contributed by atoms with Crippen molar-refractivity contribution in [2.75, 3.05) is 11.8 Å². The summed E-state index contributed by atoms with van der Waals surface area (Å²) >= 11 is 3.31. The van der Waals surface area contributed by atoms with Crippen molar-refractivity contribution in [1.82, 2.24) is 0 Å². The minimum atomic E-state index is -3.70. The van der Waals surface area contributed by atoms with E-state index in [9.17, 15) is 13.2 Å². The minimum Gasteiger partial charge on any atom is -0.465 e. The molecule has 0 saturated carbocycles. The third-order valence-electron chi connectivity index (χ3n) is 2.92. The third kappa shape index (κ3) is 3.86. The van der Waals surface area contributed by atoms with E-state index in [0.29, 0.717) is 11.0 Å². The molecule has 7 heteroatoms. The van der Waals surface area contributed by atoms with Crippen LogP contribution in [0, 0.1) is 0 Å². The lowest BCUT2D eigenvalue weighted by molar-refractivity contribution is 0.0601. The number of anilines is 1. The first-order valence-electron chi connectivity index (χ1n) is 6.32. The van der Waals surface area contributed by atoms with Crippen LogP contribution in [0.3, 0.4) is 0 Å². The highest BCUT2D eigenvalue weighted by molar-refractivity contribution is 9.08. The van der Waals surface area contributed by atoms with Crippen molar-refractivity contribution >= 4 is 37.6 Å². The van der Waals surface area contributed by atoms with Crippen LogP contribution >= 0.6 is 15.9 Å². The van der Waals surface area contributed by atoms with Gasteiger partial charge in [0.05, 0.1) is 17.6 Å². The number of methoxy groups -OCH3 is 1. The highest BCUT2D eigenvalue weighted by atomic mass is 79.9. The highest BCUT2D eigenvalue weighted by Crippen LogP contribution is 2.18. The van der Waals surface area contributed by atoms with E-state index in [1.807, 2.05) is 0 Å². The lowest BCUT2D eigenvalue weighted by Gasteiger charge is -2.09. The normalized spacial score (nSPS) is 11.0. The number of carbonyl (C=O) groups is 1. The molecule has 0 fully saturated rings. The zero-order valence-corrected chi connectivity index (χ0v) is 14.1. The van der Waals surface area contributed by atoms with Crippen LogP contribution in [0.15, 0.2) is 53.4 Å². The highest BCUT2D eigenvalue weighted by Gasteiger charge is 2.15. The maximum atomic E-state index is 12.3. The molecule has 2 aromatic carbocycles. The first-order chi connectivity index (χ1) is 10.5. The standard InChI is InChI=1S/C15H14BrNO4S/c1-21-15(18)12-3-2-4-13(9-12)17-22(19,20)14-7-5-11(10-16)6-8-14/h2-9,17H,10H2,1H3. The molecule has 0 unspecified atom stereocenters. The van der Waals surface area contributed by atoms with Crippen LogP contribution in [0.5, 0.6) is 0 Å². The number of halogens is 1. The molecule has 0 aliphatic carbocycles. The average molecular weight is 384 g/mol. The van der Waals surface area contributed by atoms with Crippen molar-refractivity contribution in [1.29, 1.82) is 0 Å². The van der Waals surface area contributed by atoms with Gasteiger partial charge in [-0.3, -0.25) is 4.72 Å². The van der Waals surface area contributed by atoms with Gasteiger partial charge in [0.1, 0.15) is 0 Å². The molecule has 0 aliphatic heterocycles. The van der Waals surface area contributed by atoms with E-state index in [-0.39, 0.29) is 10.5 Å². The van der Waals surface area contributed by atoms with Gasteiger partial charge in [-0.15, -0.1) is 0 Å². The summed E-state index contributed by atoms with van der Waals surface area (Å²) in [4.78, 5) is 11.6. The number of sulfonamides is 1. The summed E-state index contributed by atoms with van der Waals surface area (Å²) in [5.41, 5.74) is 1.55. The van der Waals surface area contributed by atoms with Crippen LogP contribution in [0.25, 0.3) is 0 Å². The molecule has 0 atom stereocenters. The Kier molecular flexibility index (Phi) is 5.20. The van der Waals surface area contributed by atoms with E-state index in [1.165, 1.54) is 25.3 Å². The van der Waals surface area contributed by atoms with Gasteiger partial charge in [0, 0.05) is 11.0 Å². The van der Waals surface area contributed by atoms with Gasteiger partial charge in [-0.1, -0.05) is 34.1 Å². The van der Waals surface area contributed by atoms with Gasteiger partial charge in [-0.25, -0.2) is 13.2 Å². The van der Waals surface area contributed by atoms with Gasteiger partial charge in [-0.05, 0) is 35.9 Å². The third-order valence-corrected chi connectivity index (χ3v) is 4.97. The van der Waals surface area contributed by atoms with Crippen molar-refractivity contribution in [2.45, 2.75) is 10.2 Å². The van der Waals surface area contributed by atoms with E-state index in [2.05, 4.69) is 25.4 Å². The average Bonchev–Trinajstić information content (AvgIpc) is 2.54. The summed E-state index contributed by atoms with van der Waals surface area (Å²) in [6, 6.07) is 12.6. The Bertz CT molecular complexity index is 772. The molecule has 2 aromatic rings. The predicted molar refractivity (Wildman–Crippen MR) is 87.7 cm³/mol. The molecule has 0 spiro atoms. The molecule has 0 bridgehead atoms. The van der Waals surface area contributed by atoms with E-state index in [1.54, 1.807) is 30.3 Å². The van der Waals surface area contributed by atoms with Gasteiger partial charge in [0.15, 0.2) is 0 Å². The Labute approximate surface area is 137 Å². The summed E-state index contributed by atoms with van der Waals surface area (Å²) in [5.74, 6) is -0.525. The smallest absolute Gasteiger partial charge is 0.337 e. The topological polar surface area (TPSA) is 72.5 Å². The molecule has 0 aromatic heterocycles. The number of carbonyl (C=O) groups excluding carboxylic acids is 1. The first-order valence-corrected chi connectivity index (χ1v) is 8.93. The van der Waals surface area contributed by atoms with Gasteiger partial charge in [0.25, 0.3) is 10.0 Å². The van der Waals surface area contributed by atoms with Crippen LogP contribution in [-0.2, 0) is 20.1 Å². The fraction of sp³-hybridized carbons (Fsp3) is 0.133. The number of ether oxygens (including phenoxy) is 1. The molecule has 0 saturated heterocycles. The SMILES string of the molecule is COC(=O)c1cccc(NS(=O)(=O)c2ccc(CBr)cc2)c1. The van der Waals surface area contributed by atoms with Crippen molar-refractivity contribution in [3.8, 4) is 0 Å². The second-order valence-electron chi connectivity index (χ2n) is 4.46. The Balaban J connectivity index is 2.26. The quantitative estimate of drug-likeness (QED) is 0.635. The lowest BCUT2D eigenvalue weighted by Crippen LogP contribution is -2.13. The Morgan fingerprint density at radius 3 is 2.45 bits per heavy atom. The summed E-state index contributed by atoms with van der Waals surface area (Å²) in [5, 5.41) is 0.655. The summed E-state index contributed by atoms with van der Waals surface area (Å²) in [6.07, 6.45) is 0. The molecule has 0 aliphatic rings. The second-order valence-corrected chi connectivity index (χ2v) is 6.70. The predicted octanol–water partition coefficient (Wildman–Crippen LogP) is 3.17. The summed E-state index contributed by atoms with van der Waals surface area (Å²) < 4.78 is 31.7. The summed E-state index contributed by atoms with van der Waals surface area (Å²) in [7, 11) is -2.44. The van der Waals surface area contributed by atoms with Crippen LogP contribution in [0.2, 0.25) is 0 Å². The van der Waals surface area contributed by atoms with Crippen LogP contribution in [-0.4, -0.2) is 21.5 Å². The number of hydrogen-bond donors (Lipinski definition) is 1. The number of alkyl halides is 1. The molecular weight excluding hydrogens is 370 g/mol. The first kappa shape index (κ1) is 16.5. The second kappa shape index (κ2) is 6.93. The number of benzene rings is 2. The molecule has 116 valence electrons. The van der Waals surface area contributed by atoms with Gasteiger partial charge >= 0.3 is 5.97 Å². The van der Waals surface area contributed by atoms with Crippen molar-refractivity contribution in [2.24, 2.45) is 0 Å². The Morgan fingerprint density at radius 2 is 1.86 bits per heavy atom. The van der Waals surface area contributed by atoms with Crippen molar-refractivity contribution in [3.05, 3.63) is 59.7 Å². The fourth-order valence-electron chi connectivity index (χ4n) is 1.80. The number of rotatable bonds is 5. The number of hydrogen-bond acceptors (Lipinski definition) is 4. The monoisotopic (exact) mass is 383 g/mol. The Morgan fingerprint density at radius 1 is 1.18 bits per heavy atom. The molecule has 22 heavy (non-hydrogen) atoms. The van der Waals surface area contributed by atoms with Crippen LogP contribution in [0.4, 0.5) is 5.69 Å². The summed E-state index contributed by atoms with van der Waals surface area (Å²) in [6.45, 7) is 0. The molecule has 2 rings (SSSR count). The zero-order valence-electron chi connectivity index (χ0n) is 11.7. The molecule has 0 heterocycles. The maximum absolute atomic E-state index is 12.3. The van der Waals surface area contributed by atoms with Crippen molar-refractivity contribution < 1.29 is 17.9 Å². The van der Waals surface area contributed by atoms with Gasteiger partial charge in [0.2, 0.25) is 0 Å². The van der Waals surface area contributed by atoms with Gasteiger partial charge in [-0.2, -0.15) is 0 Å². The molecule has 0 radical (unpaired) electrons. The van der Waals surface area contributed by atoms with E-state index < -0.39 is 16.0 Å². The van der Waals surface area contributed by atoms with Gasteiger partial charge < -0.3 is 4.74 Å². The molecule has 5 nitrogen and oxygen atoms in total. The Hall–Kier alpha value is -1.86. The molecule has 1 N–H and O–H groups in total. The van der Waals surface area contributed by atoms with Crippen LogP contribution in [0.1, 0.15) is 15.9 Å². The fourth-order valence-corrected chi connectivity index (χ4v) is 3.22. The van der Waals surface area contributed by atoms with Crippen LogP contribution < -0.4 is 4.72 Å². The maximum Gasteiger partial charge on any atom is 0.337 e. The molecule has 0 amide bonds. The van der Waals surface area contributed by atoms with Crippen molar-refractivity contribution in [3.63, 3.8) is 0 Å².